The molecule has 172 valence electrons. The minimum Gasteiger partial charge on any atom is -0.277 e. The van der Waals surface area contributed by atoms with Gasteiger partial charge in [0, 0.05) is 12.0 Å². The van der Waals surface area contributed by atoms with E-state index in [1.807, 2.05) is 48.5 Å². The molecule has 1 aliphatic carbocycles. The number of benzene rings is 2. The van der Waals surface area contributed by atoms with Gasteiger partial charge < -0.3 is 0 Å². The van der Waals surface area contributed by atoms with Gasteiger partial charge in [-0.2, -0.15) is 5.26 Å². The number of H-pyrrole nitrogens is 1. The van der Waals surface area contributed by atoms with E-state index in [9.17, 15) is 10.1 Å². The number of aromatic amines is 1. The van der Waals surface area contributed by atoms with Crippen molar-refractivity contribution in [3.8, 4) is 28.6 Å². The minimum atomic E-state index is -0.689. The summed E-state index contributed by atoms with van der Waals surface area (Å²) in [4.78, 5) is 20.2. The van der Waals surface area contributed by atoms with Crippen molar-refractivity contribution < 1.29 is 4.79 Å². The Kier molecular flexibility index (Phi) is 5.93. The van der Waals surface area contributed by atoms with E-state index >= 15 is 0 Å². The van der Waals surface area contributed by atoms with Crippen molar-refractivity contribution in [2.24, 2.45) is 4.99 Å². The van der Waals surface area contributed by atoms with Crippen LogP contribution < -0.4 is 0 Å². The average Bonchev–Trinajstić information content (AvgIpc) is 3.63. The van der Waals surface area contributed by atoms with Gasteiger partial charge in [0.1, 0.15) is 11.4 Å². The van der Waals surface area contributed by atoms with E-state index < -0.39 is 11.6 Å². The molecule has 8 heteroatoms. The molecule has 8 nitrogen and oxygen atoms in total. The third kappa shape index (κ3) is 3.77. The van der Waals surface area contributed by atoms with Crippen LogP contribution in [0.4, 0.5) is 0 Å². The number of hydrogen-bond donors (Lipinski definition) is 1. The van der Waals surface area contributed by atoms with Crippen LogP contribution in [-0.2, 0) is 4.79 Å². The fourth-order valence-electron chi connectivity index (χ4n) is 5.09. The Morgan fingerprint density at radius 1 is 1.12 bits per heavy atom. The summed E-state index contributed by atoms with van der Waals surface area (Å²) in [5.41, 5.74) is 2.99. The van der Waals surface area contributed by atoms with Crippen LogP contribution in [0.1, 0.15) is 63.5 Å². The second kappa shape index (κ2) is 9.18. The van der Waals surface area contributed by atoms with E-state index in [-0.39, 0.29) is 5.91 Å². The molecule has 1 fully saturated rings. The quantitative estimate of drug-likeness (QED) is 0.550. The summed E-state index contributed by atoms with van der Waals surface area (Å²) in [6, 6.07) is 17.4. The lowest BCUT2D eigenvalue weighted by molar-refractivity contribution is -0.132. The number of amidine groups is 1. The van der Waals surface area contributed by atoms with Crippen molar-refractivity contribution in [1.29, 1.82) is 5.26 Å². The second-order valence-electron chi connectivity index (χ2n) is 8.99. The number of nitriles is 1. The van der Waals surface area contributed by atoms with Crippen LogP contribution in [0.15, 0.2) is 53.5 Å². The number of amides is 1. The molecule has 1 atom stereocenters. The fraction of sp³-hybridized carbons (Fsp3) is 0.385. The molecule has 2 aromatic carbocycles. The van der Waals surface area contributed by atoms with Crippen LogP contribution in [0.25, 0.3) is 22.5 Å². The highest BCUT2D eigenvalue weighted by Crippen LogP contribution is 2.42. The van der Waals surface area contributed by atoms with Gasteiger partial charge >= 0.3 is 0 Å². The van der Waals surface area contributed by atoms with Crippen LogP contribution in [-0.4, -0.2) is 42.8 Å². The van der Waals surface area contributed by atoms with Crippen molar-refractivity contribution in [3.63, 3.8) is 0 Å². The van der Waals surface area contributed by atoms with E-state index in [4.69, 9.17) is 4.99 Å². The predicted octanol–water partition coefficient (Wildman–Crippen LogP) is 4.84. The predicted molar refractivity (Wildman–Crippen MR) is 128 cm³/mol. The number of aromatic nitrogens is 4. The maximum Gasteiger partial charge on any atom is 0.257 e. The summed E-state index contributed by atoms with van der Waals surface area (Å²) in [5, 5.41) is 24.4. The average molecular weight is 454 g/mol. The number of unbranched alkanes of at least 4 members (excludes halogenated alkanes) is 1. The highest BCUT2D eigenvalue weighted by molar-refractivity contribution is 6.09. The van der Waals surface area contributed by atoms with Crippen molar-refractivity contribution in [3.05, 3.63) is 54.1 Å². The third-order valence-electron chi connectivity index (χ3n) is 6.87. The molecule has 34 heavy (non-hydrogen) atoms. The van der Waals surface area contributed by atoms with E-state index in [1.54, 1.807) is 4.90 Å². The first-order valence-corrected chi connectivity index (χ1v) is 11.9. The lowest BCUT2D eigenvalue weighted by Crippen LogP contribution is -2.42. The van der Waals surface area contributed by atoms with Crippen LogP contribution in [0.2, 0.25) is 0 Å². The molecule has 1 saturated carbocycles. The number of aliphatic imine (C=N–C) groups is 1. The minimum absolute atomic E-state index is 0.00473. The molecule has 0 saturated heterocycles. The Hall–Kier alpha value is -3.86. The highest BCUT2D eigenvalue weighted by atomic mass is 16.2. The standard InChI is InChI=1S/C26H27N7O/c1-2-3-10-23-28-26(15-6-7-16-26)25(34)33(23)22(17-27)19-13-11-18(12-14-19)20-8-4-5-9-21(20)24-29-31-32-30-24/h4-5,8-9,11-14,22H,2-3,6-7,10,15-16H2,1H3,(H,29,30,31,32). The maximum absolute atomic E-state index is 13.6. The molecule has 2 heterocycles. The summed E-state index contributed by atoms with van der Waals surface area (Å²) in [6.07, 6.45) is 6.26. The molecule has 5 rings (SSSR count). The molecule has 1 aliphatic heterocycles. The van der Waals surface area contributed by atoms with Crippen LogP contribution in [0.3, 0.4) is 0 Å². The smallest absolute Gasteiger partial charge is 0.257 e. The summed E-state index contributed by atoms with van der Waals surface area (Å²) in [7, 11) is 0. The zero-order chi connectivity index (χ0) is 23.5. The SMILES string of the molecule is CCCCC1=NC2(CCCC2)C(=O)N1C(C#N)c1ccc(-c2ccccc2-c2nnn[nH]2)cc1. The van der Waals surface area contributed by atoms with Crippen molar-refractivity contribution in [2.45, 2.75) is 63.5 Å². The van der Waals surface area contributed by atoms with Gasteiger partial charge in [0.25, 0.3) is 5.91 Å². The Morgan fingerprint density at radius 3 is 2.50 bits per heavy atom. The molecule has 1 N–H and O–H groups in total. The van der Waals surface area contributed by atoms with Crippen molar-refractivity contribution in [1.82, 2.24) is 25.5 Å². The molecule has 2 aliphatic rings. The Morgan fingerprint density at radius 2 is 1.85 bits per heavy atom. The zero-order valence-electron chi connectivity index (χ0n) is 19.2. The first-order valence-electron chi connectivity index (χ1n) is 11.9. The number of nitrogens with one attached hydrogen (secondary N) is 1. The molecule has 3 aromatic rings. The molecule has 1 amide bonds. The van der Waals surface area contributed by atoms with Crippen molar-refractivity contribution in [2.75, 3.05) is 0 Å². The number of carbonyl (C=O) groups excluding carboxylic acids is 1. The van der Waals surface area contributed by atoms with E-state index in [2.05, 4.69) is 33.6 Å². The maximum atomic E-state index is 13.6. The highest BCUT2D eigenvalue weighted by Gasteiger charge is 2.51. The molecular formula is C26H27N7O. The summed E-state index contributed by atoms with van der Waals surface area (Å²) in [5.74, 6) is 1.36. The molecule has 1 aromatic heterocycles. The Bertz CT molecular complexity index is 1230. The van der Waals surface area contributed by atoms with E-state index in [1.165, 1.54) is 0 Å². The Labute approximate surface area is 198 Å². The lowest BCUT2D eigenvalue weighted by atomic mass is 9.95. The molecule has 0 bridgehead atoms. The van der Waals surface area contributed by atoms with Crippen LogP contribution in [0, 0.1) is 11.3 Å². The molecule has 0 radical (unpaired) electrons. The van der Waals surface area contributed by atoms with Gasteiger partial charge in [-0.15, -0.1) is 5.10 Å². The van der Waals surface area contributed by atoms with E-state index in [0.717, 1.165) is 73.0 Å². The van der Waals surface area contributed by atoms with Gasteiger partial charge in [0.05, 0.1) is 6.07 Å². The number of rotatable bonds is 7. The summed E-state index contributed by atoms with van der Waals surface area (Å²) < 4.78 is 0. The normalized spacial score (nSPS) is 17.7. The van der Waals surface area contributed by atoms with E-state index in [0.29, 0.717) is 5.82 Å². The topological polar surface area (TPSA) is 111 Å². The first kappa shape index (κ1) is 22.0. The Balaban J connectivity index is 1.47. The number of nitrogens with zero attached hydrogens (tertiary/aromatic N) is 6. The van der Waals surface area contributed by atoms with Gasteiger partial charge in [0.15, 0.2) is 11.9 Å². The lowest BCUT2D eigenvalue weighted by Gasteiger charge is -2.27. The largest absolute Gasteiger partial charge is 0.277 e. The zero-order valence-corrected chi connectivity index (χ0v) is 19.2. The fourth-order valence-corrected chi connectivity index (χ4v) is 5.09. The first-order chi connectivity index (χ1) is 16.7. The number of carbonyl (C=O) groups is 1. The summed E-state index contributed by atoms with van der Waals surface area (Å²) in [6.45, 7) is 2.13. The molecule has 1 spiro atoms. The van der Waals surface area contributed by atoms with Gasteiger partial charge in [0.2, 0.25) is 0 Å². The van der Waals surface area contributed by atoms with Crippen LogP contribution >= 0.6 is 0 Å². The van der Waals surface area contributed by atoms with Crippen LogP contribution in [0.5, 0.6) is 0 Å². The third-order valence-corrected chi connectivity index (χ3v) is 6.87. The second-order valence-corrected chi connectivity index (χ2v) is 8.99. The van der Waals surface area contributed by atoms with Crippen molar-refractivity contribution >= 4 is 11.7 Å². The number of tetrazole rings is 1. The van der Waals surface area contributed by atoms with Gasteiger partial charge in [-0.3, -0.25) is 14.7 Å². The van der Waals surface area contributed by atoms with Gasteiger partial charge in [-0.25, -0.2) is 5.10 Å². The molecule has 1 unspecified atom stereocenters. The van der Waals surface area contributed by atoms with Gasteiger partial charge in [-0.1, -0.05) is 74.7 Å². The monoisotopic (exact) mass is 453 g/mol. The van der Waals surface area contributed by atoms with Gasteiger partial charge in [-0.05, 0) is 46.4 Å². The number of hydrogen-bond acceptors (Lipinski definition) is 6. The summed E-state index contributed by atoms with van der Waals surface area (Å²) >= 11 is 0. The molecular weight excluding hydrogens is 426 g/mol.